The highest BCUT2D eigenvalue weighted by molar-refractivity contribution is 5.37. The summed E-state index contributed by atoms with van der Waals surface area (Å²) in [6, 6.07) is 25.9. The molecule has 32 heavy (non-hydrogen) atoms. The predicted molar refractivity (Wildman–Crippen MR) is 128 cm³/mol. The van der Waals surface area contributed by atoms with E-state index in [1.54, 1.807) is 0 Å². The lowest BCUT2D eigenvalue weighted by molar-refractivity contribution is -0.0501. The van der Waals surface area contributed by atoms with E-state index in [4.69, 9.17) is 4.74 Å². The third kappa shape index (κ3) is 5.04. The van der Waals surface area contributed by atoms with Gasteiger partial charge in [-0.15, -0.1) is 0 Å². The molecule has 1 fully saturated rings. The van der Waals surface area contributed by atoms with E-state index in [1.807, 2.05) is 85.8 Å². The van der Waals surface area contributed by atoms with Crippen LogP contribution in [0.2, 0.25) is 0 Å². The Labute approximate surface area is 191 Å². The van der Waals surface area contributed by atoms with Crippen molar-refractivity contribution in [2.24, 2.45) is 0 Å². The summed E-state index contributed by atoms with van der Waals surface area (Å²) >= 11 is 0. The molecule has 0 saturated carbocycles. The van der Waals surface area contributed by atoms with Gasteiger partial charge in [-0.1, -0.05) is 66.7 Å². The Hall–Kier alpha value is -2.66. The van der Waals surface area contributed by atoms with Crippen LogP contribution in [0.4, 0.5) is 0 Å². The van der Waals surface area contributed by atoms with Gasteiger partial charge in [0.25, 0.3) is 0 Å². The normalized spacial score (nSPS) is 18.1. The zero-order chi connectivity index (χ0) is 22.6. The minimum atomic E-state index is -0.781. The van der Waals surface area contributed by atoms with Gasteiger partial charge in [0.1, 0.15) is 12.4 Å². The van der Waals surface area contributed by atoms with Crippen molar-refractivity contribution in [3.63, 3.8) is 0 Å². The van der Waals surface area contributed by atoms with Crippen LogP contribution in [0.1, 0.15) is 48.1 Å². The molecule has 3 aromatic rings. The summed E-state index contributed by atoms with van der Waals surface area (Å²) in [5, 5.41) is 22.2. The molecule has 168 valence electrons. The van der Waals surface area contributed by atoms with Crippen LogP contribution in [-0.2, 0) is 12.2 Å². The molecule has 4 heteroatoms. The molecule has 1 aliphatic rings. The van der Waals surface area contributed by atoms with Crippen LogP contribution < -0.4 is 4.74 Å². The minimum Gasteiger partial charge on any atom is -0.489 e. The second-order valence-corrected chi connectivity index (χ2v) is 8.92. The van der Waals surface area contributed by atoms with Gasteiger partial charge >= 0.3 is 0 Å². The number of hydrogen-bond acceptors (Lipinski definition) is 4. The molecule has 0 radical (unpaired) electrons. The topological polar surface area (TPSA) is 52.9 Å². The Morgan fingerprint density at radius 3 is 2.19 bits per heavy atom. The van der Waals surface area contributed by atoms with Crippen LogP contribution >= 0.6 is 0 Å². The maximum absolute atomic E-state index is 11.1. The van der Waals surface area contributed by atoms with Crippen molar-refractivity contribution >= 4 is 0 Å². The summed E-state index contributed by atoms with van der Waals surface area (Å²) in [6.45, 7) is 6.11. The third-order valence-electron chi connectivity index (χ3n) is 6.75. The lowest BCUT2D eigenvalue weighted by atomic mass is 9.83. The molecule has 2 atom stereocenters. The molecule has 0 aliphatic carbocycles. The van der Waals surface area contributed by atoms with Crippen molar-refractivity contribution in [3.8, 4) is 5.75 Å². The SMILES string of the molecule is Cc1cc(C(O)C(C)N2CCC(O)(c3ccccc3)CC2)ccc1OCc1ccccc1. The maximum Gasteiger partial charge on any atom is 0.122 e. The molecule has 1 saturated heterocycles. The van der Waals surface area contributed by atoms with E-state index in [2.05, 4.69) is 11.8 Å². The van der Waals surface area contributed by atoms with Crippen LogP contribution in [0, 0.1) is 6.92 Å². The molecule has 3 aromatic carbocycles. The number of aliphatic hydroxyl groups is 2. The average molecular weight is 432 g/mol. The largest absolute Gasteiger partial charge is 0.489 e. The molecule has 0 aromatic heterocycles. The molecular weight excluding hydrogens is 398 g/mol. The van der Waals surface area contributed by atoms with Gasteiger partial charge in [-0.3, -0.25) is 4.90 Å². The Morgan fingerprint density at radius 2 is 1.56 bits per heavy atom. The molecule has 2 unspecified atom stereocenters. The molecule has 4 nitrogen and oxygen atoms in total. The van der Waals surface area contributed by atoms with Gasteiger partial charge in [0.2, 0.25) is 0 Å². The van der Waals surface area contributed by atoms with Crippen LogP contribution in [-0.4, -0.2) is 34.2 Å². The molecule has 4 rings (SSSR count). The maximum atomic E-state index is 11.1. The number of nitrogens with zero attached hydrogens (tertiary/aromatic N) is 1. The first-order valence-electron chi connectivity index (χ1n) is 11.4. The number of ether oxygens (including phenoxy) is 1. The Kier molecular flexibility index (Phi) is 6.95. The van der Waals surface area contributed by atoms with Gasteiger partial charge in [0, 0.05) is 19.1 Å². The number of benzene rings is 3. The molecule has 0 bridgehead atoms. The highest BCUT2D eigenvalue weighted by Crippen LogP contribution is 2.35. The van der Waals surface area contributed by atoms with Crippen LogP contribution in [0.15, 0.2) is 78.9 Å². The fourth-order valence-electron chi connectivity index (χ4n) is 4.57. The highest BCUT2D eigenvalue weighted by atomic mass is 16.5. The van der Waals surface area contributed by atoms with Crippen molar-refractivity contribution in [3.05, 3.63) is 101 Å². The second-order valence-electron chi connectivity index (χ2n) is 8.92. The van der Waals surface area contributed by atoms with Crippen molar-refractivity contribution in [1.82, 2.24) is 4.90 Å². The van der Waals surface area contributed by atoms with Crippen molar-refractivity contribution < 1.29 is 14.9 Å². The van der Waals surface area contributed by atoms with E-state index >= 15 is 0 Å². The van der Waals surface area contributed by atoms with Gasteiger partial charge in [-0.05, 0) is 61.1 Å². The van der Waals surface area contributed by atoms with Gasteiger partial charge in [0.15, 0.2) is 0 Å². The average Bonchev–Trinajstić information content (AvgIpc) is 2.84. The number of likely N-dealkylation sites (tertiary alicyclic amines) is 1. The summed E-state index contributed by atoms with van der Waals surface area (Å²) in [7, 11) is 0. The van der Waals surface area contributed by atoms with E-state index in [0.717, 1.165) is 41.1 Å². The predicted octanol–water partition coefficient (Wildman–Crippen LogP) is 4.98. The van der Waals surface area contributed by atoms with Crippen LogP contribution in [0.5, 0.6) is 5.75 Å². The Balaban J connectivity index is 1.36. The summed E-state index contributed by atoms with van der Waals surface area (Å²) in [5.74, 6) is 0.836. The first-order valence-corrected chi connectivity index (χ1v) is 11.4. The molecule has 0 spiro atoms. The van der Waals surface area contributed by atoms with E-state index < -0.39 is 11.7 Å². The fraction of sp³-hybridized carbons (Fsp3) is 0.357. The zero-order valence-electron chi connectivity index (χ0n) is 18.9. The van der Waals surface area contributed by atoms with Crippen molar-refractivity contribution in [2.45, 2.75) is 51.0 Å². The summed E-state index contributed by atoms with van der Waals surface area (Å²) < 4.78 is 5.98. The molecular formula is C28H33NO3. The molecule has 2 N–H and O–H groups in total. The number of rotatable bonds is 7. The van der Waals surface area contributed by atoms with Gasteiger partial charge in [-0.2, -0.15) is 0 Å². The number of piperidine rings is 1. The Bertz CT molecular complexity index is 998. The van der Waals surface area contributed by atoms with E-state index in [0.29, 0.717) is 19.4 Å². The fourth-order valence-corrected chi connectivity index (χ4v) is 4.57. The van der Waals surface area contributed by atoms with Crippen molar-refractivity contribution in [1.29, 1.82) is 0 Å². The van der Waals surface area contributed by atoms with Gasteiger partial charge < -0.3 is 14.9 Å². The van der Waals surface area contributed by atoms with E-state index in [1.165, 1.54) is 0 Å². The highest BCUT2D eigenvalue weighted by Gasteiger charge is 2.36. The number of aliphatic hydroxyl groups excluding tert-OH is 1. The minimum absolute atomic E-state index is 0.0363. The van der Waals surface area contributed by atoms with E-state index in [9.17, 15) is 10.2 Å². The molecule has 1 aliphatic heterocycles. The van der Waals surface area contributed by atoms with Crippen molar-refractivity contribution in [2.75, 3.05) is 13.1 Å². The quantitative estimate of drug-likeness (QED) is 0.554. The van der Waals surface area contributed by atoms with Crippen LogP contribution in [0.25, 0.3) is 0 Å². The first-order chi connectivity index (χ1) is 15.5. The van der Waals surface area contributed by atoms with Crippen LogP contribution in [0.3, 0.4) is 0 Å². The van der Waals surface area contributed by atoms with Gasteiger partial charge in [-0.25, -0.2) is 0 Å². The second kappa shape index (κ2) is 9.86. The standard InChI is InChI=1S/C28H33NO3/c1-21-19-24(13-14-26(21)32-20-23-9-5-3-6-10-23)27(30)22(2)29-17-15-28(31,16-18-29)25-11-7-4-8-12-25/h3-14,19,22,27,30-31H,15-18,20H2,1-2H3. The smallest absolute Gasteiger partial charge is 0.122 e. The summed E-state index contributed by atoms with van der Waals surface area (Å²) in [5.41, 5.74) is 3.24. The van der Waals surface area contributed by atoms with Gasteiger partial charge in [0.05, 0.1) is 11.7 Å². The lowest BCUT2D eigenvalue weighted by Gasteiger charge is -2.42. The zero-order valence-corrected chi connectivity index (χ0v) is 18.9. The van der Waals surface area contributed by atoms with E-state index in [-0.39, 0.29) is 6.04 Å². The lowest BCUT2D eigenvalue weighted by Crippen LogP contribution is -2.47. The molecule has 1 heterocycles. The number of aryl methyl sites for hydroxylation is 1. The number of hydrogen-bond donors (Lipinski definition) is 2. The Morgan fingerprint density at radius 1 is 0.938 bits per heavy atom. The summed E-state index contributed by atoms with van der Waals surface area (Å²) in [4.78, 5) is 2.28. The first kappa shape index (κ1) is 22.5. The third-order valence-corrected chi connectivity index (χ3v) is 6.75. The monoisotopic (exact) mass is 431 g/mol. The summed E-state index contributed by atoms with van der Waals surface area (Å²) in [6.07, 6.45) is 0.735. The molecule has 0 amide bonds.